The van der Waals surface area contributed by atoms with Gasteiger partial charge in [-0.15, -0.1) is 0 Å². The Balaban J connectivity index is 2.43. The van der Waals surface area contributed by atoms with Crippen LogP contribution in [0.3, 0.4) is 0 Å². The summed E-state index contributed by atoms with van der Waals surface area (Å²) in [5.41, 5.74) is -0.890. The summed E-state index contributed by atoms with van der Waals surface area (Å²) < 4.78 is 0. The zero-order valence-electron chi connectivity index (χ0n) is 11.0. The van der Waals surface area contributed by atoms with Crippen LogP contribution in [0.15, 0.2) is 0 Å². The fourth-order valence-corrected chi connectivity index (χ4v) is 2.18. The molecule has 1 aliphatic carbocycles. The van der Waals surface area contributed by atoms with Gasteiger partial charge in [-0.1, -0.05) is 20.8 Å². The standard InChI is InChI=1S/C13H23NO3/c1-4-13(5-2,12(16)17)7-11(15)14-8-10-6-9(10)3/h9-10H,4-8H2,1-3H3,(H,14,15)(H,16,17). The number of carbonyl (C=O) groups is 2. The maximum absolute atomic E-state index is 11.7. The lowest BCUT2D eigenvalue weighted by Crippen LogP contribution is -2.37. The Bertz CT molecular complexity index is 297. The van der Waals surface area contributed by atoms with Crippen molar-refractivity contribution in [2.75, 3.05) is 6.54 Å². The molecule has 0 heterocycles. The van der Waals surface area contributed by atoms with Gasteiger partial charge in [-0.05, 0) is 31.1 Å². The number of nitrogens with one attached hydrogen (secondary N) is 1. The Morgan fingerprint density at radius 2 is 1.88 bits per heavy atom. The van der Waals surface area contributed by atoms with Crippen LogP contribution in [-0.4, -0.2) is 23.5 Å². The van der Waals surface area contributed by atoms with Crippen LogP contribution >= 0.6 is 0 Å². The Morgan fingerprint density at radius 1 is 1.35 bits per heavy atom. The SMILES string of the molecule is CCC(CC)(CC(=O)NCC1CC1C)C(=O)O. The summed E-state index contributed by atoms with van der Waals surface area (Å²) in [5, 5.41) is 12.1. The van der Waals surface area contributed by atoms with Gasteiger partial charge < -0.3 is 10.4 Å². The lowest BCUT2D eigenvalue weighted by Gasteiger charge is -2.25. The number of rotatable bonds is 7. The molecule has 4 heteroatoms. The number of carbonyl (C=O) groups excluding carboxylic acids is 1. The number of hydrogen-bond donors (Lipinski definition) is 2. The third-order valence-electron chi connectivity index (χ3n) is 4.14. The van der Waals surface area contributed by atoms with E-state index in [1.54, 1.807) is 0 Å². The molecule has 17 heavy (non-hydrogen) atoms. The molecule has 2 N–H and O–H groups in total. The number of amides is 1. The predicted octanol–water partition coefficient (Wildman–Crippen LogP) is 2.04. The van der Waals surface area contributed by atoms with Crippen LogP contribution in [0.2, 0.25) is 0 Å². The molecule has 1 amide bonds. The van der Waals surface area contributed by atoms with E-state index >= 15 is 0 Å². The first-order chi connectivity index (χ1) is 7.95. The summed E-state index contributed by atoms with van der Waals surface area (Å²) in [6.07, 6.45) is 2.25. The first-order valence-corrected chi connectivity index (χ1v) is 6.45. The summed E-state index contributed by atoms with van der Waals surface area (Å²) in [6, 6.07) is 0. The van der Waals surface area contributed by atoms with Crippen molar-refractivity contribution < 1.29 is 14.7 Å². The Kier molecular flexibility index (Phi) is 4.54. The van der Waals surface area contributed by atoms with Gasteiger partial charge in [0.15, 0.2) is 0 Å². The monoisotopic (exact) mass is 241 g/mol. The summed E-state index contributed by atoms with van der Waals surface area (Å²) >= 11 is 0. The zero-order valence-corrected chi connectivity index (χ0v) is 11.0. The highest BCUT2D eigenvalue weighted by atomic mass is 16.4. The van der Waals surface area contributed by atoms with Crippen LogP contribution in [-0.2, 0) is 9.59 Å². The van der Waals surface area contributed by atoms with Gasteiger partial charge in [0.2, 0.25) is 5.91 Å². The van der Waals surface area contributed by atoms with E-state index < -0.39 is 11.4 Å². The molecule has 0 bridgehead atoms. The van der Waals surface area contributed by atoms with E-state index in [0.29, 0.717) is 31.2 Å². The van der Waals surface area contributed by atoms with Crippen molar-refractivity contribution in [3.05, 3.63) is 0 Å². The second-order valence-electron chi connectivity index (χ2n) is 5.25. The molecule has 1 rings (SSSR count). The van der Waals surface area contributed by atoms with E-state index in [0.717, 1.165) is 0 Å². The van der Waals surface area contributed by atoms with Crippen molar-refractivity contribution in [1.82, 2.24) is 5.32 Å². The molecular formula is C13H23NO3. The maximum atomic E-state index is 11.7. The van der Waals surface area contributed by atoms with Crippen LogP contribution in [0.5, 0.6) is 0 Å². The smallest absolute Gasteiger partial charge is 0.310 e. The molecule has 1 saturated carbocycles. The van der Waals surface area contributed by atoms with E-state index in [1.165, 1.54) is 6.42 Å². The molecule has 2 unspecified atom stereocenters. The Morgan fingerprint density at radius 3 is 2.24 bits per heavy atom. The molecule has 0 aliphatic heterocycles. The van der Waals surface area contributed by atoms with E-state index in [-0.39, 0.29) is 12.3 Å². The van der Waals surface area contributed by atoms with Gasteiger partial charge in [0.1, 0.15) is 0 Å². The molecule has 0 radical (unpaired) electrons. The molecule has 98 valence electrons. The van der Waals surface area contributed by atoms with E-state index in [9.17, 15) is 14.7 Å². The van der Waals surface area contributed by atoms with Crippen LogP contribution in [0.25, 0.3) is 0 Å². The van der Waals surface area contributed by atoms with Gasteiger partial charge in [-0.25, -0.2) is 0 Å². The number of aliphatic carboxylic acids is 1. The van der Waals surface area contributed by atoms with Crippen LogP contribution in [0.1, 0.15) is 46.5 Å². The molecule has 0 aromatic heterocycles. The van der Waals surface area contributed by atoms with Crippen LogP contribution in [0.4, 0.5) is 0 Å². The highest BCUT2D eigenvalue weighted by Gasteiger charge is 2.38. The normalized spacial score (nSPS) is 23.2. The second kappa shape index (κ2) is 5.52. The summed E-state index contributed by atoms with van der Waals surface area (Å²) in [5.74, 6) is 0.311. The largest absolute Gasteiger partial charge is 0.481 e. The summed E-state index contributed by atoms with van der Waals surface area (Å²) in [7, 11) is 0. The van der Waals surface area contributed by atoms with E-state index in [2.05, 4.69) is 12.2 Å². The number of carboxylic acid groups (broad SMARTS) is 1. The first kappa shape index (κ1) is 14.0. The summed E-state index contributed by atoms with van der Waals surface area (Å²) in [4.78, 5) is 23.0. The molecule has 4 nitrogen and oxygen atoms in total. The minimum Gasteiger partial charge on any atom is -0.481 e. The average molecular weight is 241 g/mol. The molecular weight excluding hydrogens is 218 g/mol. The highest BCUT2D eigenvalue weighted by molar-refractivity contribution is 5.84. The van der Waals surface area contributed by atoms with Crippen LogP contribution in [0, 0.1) is 17.3 Å². The third-order valence-corrected chi connectivity index (χ3v) is 4.14. The third kappa shape index (κ3) is 3.45. The van der Waals surface area contributed by atoms with Crippen molar-refractivity contribution >= 4 is 11.9 Å². The van der Waals surface area contributed by atoms with Crippen molar-refractivity contribution in [3.8, 4) is 0 Å². The van der Waals surface area contributed by atoms with Gasteiger partial charge in [-0.3, -0.25) is 9.59 Å². The predicted molar refractivity (Wildman–Crippen MR) is 65.5 cm³/mol. The minimum atomic E-state index is -0.890. The molecule has 1 aliphatic rings. The molecule has 0 aromatic carbocycles. The van der Waals surface area contributed by atoms with Crippen molar-refractivity contribution in [3.63, 3.8) is 0 Å². The maximum Gasteiger partial charge on any atom is 0.310 e. The molecule has 0 spiro atoms. The van der Waals surface area contributed by atoms with Crippen molar-refractivity contribution in [2.45, 2.75) is 46.5 Å². The quantitative estimate of drug-likeness (QED) is 0.716. The van der Waals surface area contributed by atoms with Gasteiger partial charge >= 0.3 is 5.97 Å². The zero-order chi connectivity index (χ0) is 13.1. The molecule has 1 fully saturated rings. The van der Waals surface area contributed by atoms with E-state index in [1.807, 2.05) is 13.8 Å². The molecule has 2 atom stereocenters. The Labute approximate surface area is 103 Å². The topological polar surface area (TPSA) is 66.4 Å². The first-order valence-electron chi connectivity index (χ1n) is 6.45. The Hall–Kier alpha value is -1.06. The van der Waals surface area contributed by atoms with E-state index in [4.69, 9.17) is 0 Å². The number of carboxylic acids is 1. The fraction of sp³-hybridized carbons (Fsp3) is 0.846. The van der Waals surface area contributed by atoms with Gasteiger partial charge in [0.05, 0.1) is 5.41 Å². The summed E-state index contributed by atoms with van der Waals surface area (Å²) in [6.45, 7) is 6.52. The number of hydrogen-bond acceptors (Lipinski definition) is 2. The minimum absolute atomic E-state index is 0.0937. The lowest BCUT2D eigenvalue weighted by atomic mass is 9.79. The highest BCUT2D eigenvalue weighted by Crippen LogP contribution is 2.37. The fourth-order valence-electron chi connectivity index (χ4n) is 2.18. The van der Waals surface area contributed by atoms with Crippen molar-refractivity contribution in [1.29, 1.82) is 0 Å². The van der Waals surface area contributed by atoms with Crippen molar-refractivity contribution in [2.24, 2.45) is 17.3 Å². The van der Waals surface area contributed by atoms with Crippen LogP contribution < -0.4 is 5.32 Å². The lowest BCUT2D eigenvalue weighted by molar-refractivity contribution is -0.152. The van der Waals surface area contributed by atoms with Gasteiger partial charge in [0.25, 0.3) is 0 Å². The second-order valence-corrected chi connectivity index (χ2v) is 5.25. The molecule has 0 aromatic rings. The van der Waals surface area contributed by atoms with Gasteiger partial charge in [0, 0.05) is 13.0 Å². The van der Waals surface area contributed by atoms with Gasteiger partial charge in [-0.2, -0.15) is 0 Å². The molecule has 0 saturated heterocycles. The average Bonchev–Trinajstić information content (AvgIpc) is 2.99.